The monoisotopic (exact) mass is 311 g/mol. The van der Waals surface area contributed by atoms with E-state index in [2.05, 4.69) is 10.3 Å². The predicted molar refractivity (Wildman–Crippen MR) is 89.0 cm³/mol. The van der Waals surface area contributed by atoms with Crippen molar-refractivity contribution in [2.75, 3.05) is 5.73 Å². The zero-order chi connectivity index (χ0) is 16.4. The molecule has 0 aliphatic carbocycles. The average molecular weight is 311 g/mol. The Balaban J connectivity index is 1.79. The Morgan fingerprint density at radius 1 is 1.43 bits per heavy atom. The molecule has 0 fully saturated rings. The van der Waals surface area contributed by atoms with Gasteiger partial charge in [-0.05, 0) is 43.7 Å². The summed E-state index contributed by atoms with van der Waals surface area (Å²) >= 11 is 0. The van der Waals surface area contributed by atoms with Crippen molar-refractivity contribution >= 4 is 11.6 Å². The van der Waals surface area contributed by atoms with Gasteiger partial charge in [0.05, 0.1) is 12.5 Å². The maximum Gasteiger partial charge on any atom is 0.224 e. The number of ether oxygens (including phenoxy) is 1. The number of rotatable bonds is 3. The van der Waals surface area contributed by atoms with Gasteiger partial charge >= 0.3 is 0 Å². The SMILES string of the molecule is CC1(C)CC(NC(=O)Cc2cccnc2)c2cc(N)ccc2O1. The topological polar surface area (TPSA) is 77.2 Å². The van der Waals surface area contributed by atoms with Crippen molar-refractivity contribution in [3.05, 3.63) is 53.9 Å². The third-order valence-corrected chi connectivity index (χ3v) is 3.91. The molecule has 1 aromatic carbocycles. The van der Waals surface area contributed by atoms with E-state index in [4.69, 9.17) is 10.5 Å². The molecule has 0 bridgehead atoms. The number of carbonyl (C=O) groups is 1. The highest BCUT2D eigenvalue weighted by Gasteiger charge is 2.34. The molecular formula is C18H21N3O2. The van der Waals surface area contributed by atoms with Crippen molar-refractivity contribution < 1.29 is 9.53 Å². The average Bonchev–Trinajstić information content (AvgIpc) is 2.48. The van der Waals surface area contributed by atoms with Gasteiger partial charge in [0.15, 0.2) is 0 Å². The summed E-state index contributed by atoms with van der Waals surface area (Å²) in [6.07, 6.45) is 4.41. The van der Waals surface area contributed by atoms with Gasteiger partial charge in [-0.15, -0.1) is 0 Å². The van der Waals surface area contributed by atoms with E-state index >= 15 is 0 Å². The van der Waals surface area contributed by atoms with E-state index in [0.29, 0.717) is 18.5 Å². The number of amides is 1. The predicted octanol–water partition coefficient (Wildman–Crippen LogP) is 2.62. The summed E-state index contributed by atoms with van der Waals surface area (Å²) in [6, 6.07) is 9.17. The molecule has 1 unspecified atom stereocenters. The summed E-state index contributed by atoms with van der Waals surface area (Å²) in [4.78, 5) is 16.4. The van der Waals surface area contributed by atoms with Gasteiger partial charge in [-0.3, -0.25) is 9.78 Å². The van der Waals surface area contributed by atoms with Crippen LogP contribution in [0.5, 0.6) is 5.75 Å². The standard InChI is InChI=1S/C18H21N3O2/c1-18(2)10-15(14-9-13(19)5-6-16(14)23-18)21-17(22)8-12-4-3-7-20-11-12/h3-7,9,11,15H,8,10,19H2,1-2H3,(H,21,22). The largest absolute Gasteiger partial charge is 0.487 e. The van der Waals surface area contributed by atoms with E-state index < -0.39 is 0 Å². The number of nitrogens with one attached hydrogen (secondary N) is 1. The van der Waals surface area contributed by atoms with Crippen LogP contribution in [-0.2, 0) is 11.2 Å². The van der Waals surface area contributed by atoms with Crippen molar-refractivity contribution in [3.8, 4) is 5.75 Å². The molecule has 1 aliphatic heterocycles. The lowest BCUT2D eigenvalue weighted by Crippen LogP contribution is -2.41. The van der Waals surface area contributed by atoms with Crippen LogP contribution < -0.4 is 15.8 Å². The molecule has 1 amide bonds. The third-order valence-electron chi connectivity index (χ3n) is 3.91. The zero-order valence-corrected chi connectivity index (χ0v) is 13.4. The zero-order valence-electron chi connectivity index (χ0n) is 13.4. The molecule has 3 N–H and O–H groups in total. The number of hydrogen-bond acceptors (Lipinski definition) is 4. The molecule has 1 aromatic heterocycles. The molecule has 23 heavy (non-hydrogen) atoms. The summed E-state index contributed by atoms with van der Waals surface area (Å²) in [5, 5.41) is 3.10. The number of pyridine rings is 1. The van der Waals surface area contributed by atoms with E-state index in [9.17, 15) is 4.79 Å². The summed E-state index contributed by atoms with van der Waals surface area (Å²) in [6.45, 7) is 4.04. The van der Waals surface area contributed by atoms with Crippen molar-refractivity contribution in [3.63, 3.8) is 0 Å². The first-order chi connectivity index (χ1) is 10.9. The van der Waals surface area contributed by atoms with Crippen LogP contribution >= 0.6 is 0 Å². The van der Waals surface area contributed by atoms with Crippen LogP contribution in [0.1, 0.15) is 37.4 Å². The second-order valence-corrected chi connectivity index (χ2v) is 6.52. The lowest BCUT2D eigenvalue weighted by molar-refractivity contribution is -0.121. The van der Waals surface area contributed by atoms with Crippen LogP contribution in [0, 0.1) is 0 Å². The lowest BCUT2D eigenvalue weighted by Gasteiger charge is -2.38. The first-order valence-corrected chi connectivity index (χ1v) is 7.70. The second kappa shape index (κ2) is 5.91. The number of nitrogens with zero attached hydrogens (tertiary/aromatic N) is 1. The molecule has 0 spiro atoms. The van der Waals surface area contributed by atoms with Gasteiger partial charge in [-0.1, -0.05) is 6.07 Å². The summed E-state index contributed by atoms with van der Waals surface area (Å²) < 4.78 is 5.99. The van der Waals surface area contributed by atoms with Gasteiger partial charge in [0.25, 0.3) is 0 Å². The minimum absolute atomic E-state index is 0.0333. The molecule has 0 saturated heterocycles. The second-order valence-electron chi connectivity index (χ2n) is 6.52. The van der Waals surface area contributed by atoms with E-state index in [1.54, 1.807) is 12.4 Å². The number of anilines is 1. The molecule has 2 heterocycles. The van der Waals surface area contributed by atoms with Crippen LogP contribution in [0.3, 0.4) is 0 Å². The van der Waals surface area contributed by atoms with Crippen LogP contribution in [0.2, 0.25) is 0 Å². The lowest BCUT2D eigenvalue weighted by atomic mass is 9.89. The maximum atomic E-state index is 12.4. The van der Waals surface area contributed by atoms with E-state index in [1.165, 1.54) is 0 Å². The number of nitrogen functional groups attached to an aromatic ring is 1. The Labute approximate surface area is 135 Å². The van der Waals surface area contributed by atoms with Gasteiger partial charge < -0.3 is 15.8 Å². The number of carbonyl (C=O) groups excluding carboxylic acids is 1. The van der Waals surface area contributed by atoms with Gasteiger partial charge in [0.1, 0.15) is 11.4 Å². The Morgan fingerprint density at radius 2 is 2.26 bits per heavy atom. The Kier molecular flexibility index (Phi) is 3.94. The highest BCUT2D eigenvalue weighted by molar-refractivity contribution is 5.79. The molecule has 1 atom stereocenters. The highest BCUT2D eigenvalue weighted by atomic mass is 16.5. The van der Waals surface area contributed by atoms with Gasteiger partial charge in [-0.2, -0.15) is 0 Å². The van der Waals surface area contributed by atoms with E-state index in [0.717, 1.165) is 16.9 Å². The number of benzene rings is 1. The van der Waals surface area contributed by atoms with Crippen LogP contribution in [0.4, 0.5) is 5.69 Å². The van der Waals surface area contributed by atoms with Crippen molar-refractivity contribution in [1.82, 2.24) is 10.3 Å². The minimum Gasteiger partial charge on any atom is -0.487 e. The Bertz CT molecular complexity index is 713. The molecule has 0 radical (unpaired) electrons. The van der Waals surface area contributed by atoms with E-state index in [-0.39, 0.29) is 17.6 Å². The van der Waals surface area contributed by atoms with Crippen molar-refractivity contribution in [1.29, 1.82) is 0 Å². The first kappa shape index (κ1) is 15.3. The first-order valence-electron chi connectivity index (χ1n) is 7.70. The Morgan fingerprint density at radius 3 is 3.00 bits per heavy atom. The number of hydrogen-bond donors (Lipinski definition) is 2. The fourth-order valence-electron chi connectivity index (χ4n) is 2.94. The molecule has 3 rings (SSSR count). The van der Waals surface area contributed by atoms with Gasteiger partial charge in [0.2, 0.25) is 5.91 Å². The molecule has 1 aliphatic rings. The van der Waals surface area contributed by atoms with Crippen LogP contribution in [0.25, 0.3) is 0 Å². The van der Waals surface area contributed by atoms with E-state index in [1.807, 2.05) is 44.2 Å². The molecular weight excluding hydrogens is 290 g/mol. The molecule has 120 valence electrons. The van der Waals surface area contributed by atoms with Crippen LogP contribution in [-0.4, -0.2) is 16.5 Å². The van der Waals surface area contributed by atoms with Gasteiger partial charge in [-0.25, -0.2) is 0 Å². The fourth-order valence-corrected chi connectivity index (χ4v) is 2.94. The third kappa shape index (κ3) is 3.62. The maximum absolute atomic E-state index is 12.4. The number of fused-ring (bicyclic) bond motifs is 1. The molecule has 0 saturated carbocycles. The highest BCUT2D eigenvalue weighted by Crippen LogP contribution is 2.40. The molecule has 5 heteroatoms. The van der Waals surface area contributed by atoms with Crippen molar-refractivity contribution in [2.24, 2.45) is 0 Å². The van der Waals surface area contributed by atoms with Crippen LogP contribution in [0.15, 0.2) is 42.7 Å². The summed E-state index contributed by atoms with van der Waals surface area (Å²) in [5.74, 6) is 0.746. The quantitative estimate of drug-likeness (QED) is 0.854. The van der Waals surface area contributed by atoms with Crippen molar-refractivity contribution in [2.45, 2.75) is 38.3 Å². The molecule has 5 nitrogen and oxygen atoms in total. The number of aromatic nitrogens is 1. The fraction of sp³-hybridized carbons (Fsp3) is 0.333. The summed E-state index contributed by atoms with van der Waals surface area (Å²) in [5.41, 5.74) is 8.04. The molecule has 2 aromatic rings. The smallest absolute Gasteiger partial charge is 0.224 e. The summed E-state index contributed by atoms with van der Waals surface area (Å²) in [7, 11) is 0. The van der Waals surface area contributed by atoms with Gasteiger partial charge in [0, 0.05) is 30.1 Å². The normalized spacial score (nSPS) is 18.6. The minimum atomic E-state index is -0.338. The number of nitrogens with two attached hydrogens (primary N) is 1. The Hall–Kier alpha value is -2.56.